The molecule has 0 fully saturated rings. The Balaban J connectivity index is 1.60. The highest BCUT2D eigenvalue weighted by Gasteiger charge is 2.71. The number of aryl methyl sites for hydroxylation is 1. The first-order valence-electron chi connectivity index (χ1n) is 15.2. The number of benzene rings is 5. The van der Waals surface area contributed by atoms with Crippen LogP contribution in [0.1, 0.15) is 39.8 Å². The molecule has 1 aliphatic heterocycles. The van der Waals surface area contributed by atoms with E-state index in [0.29, 0.717) is 16.8 Å². The minimum absolute atomic E-state index is 0.00369. The number of hydrogen-bond acceptors (Lipinski definition) is 4. The Bertz CT molecular complexity index is 1980. The zero-order valence-corrected chi connectivity index (χ0v) is 25.2. The van der Waals surface area contributed by atoms with Crippen LogP contribution in [0.25, 0.3) is 5.57 Å². The van der Waals surface area contributed by atoms with Crippen molar-refractivity contribution in [1.29, 1.82) is 10.5 Å². The third kappa shape index (κ3) is 3.79. The molecule has 7 rings (SSSR count). The van der Waals surface area contributed by atoms with E-state index in [-0.39, 0.29) is 6.42 Å². The average molecular weight is 596 g/mol. The molecule has 5 heteroatoms. The SMILES string of the molecule is Cc1ccc(C2=CC(=O)C(C#N)(C#N)[C@@]3(C2)C(=O)N(C(c2ccccc2)(c2ccccc2)c2ccccc2)c2ccccc23)cc1. The topological polar surface area (TPSA) is 85.0 Å². The van der Waals surface area contributed by atoms with Crippen molar-refractivity contribution in [2.75, 3.05) is 4.90 Å². The second kappa shape index (κ2) is 10.8. The summed E-state index contributed by atoms with van der Waals surface area (Å²) in [6, 6.07) is 48.6. The van der Waals surface area contributed by atoms with Gasteiger partial charge in [0.05, 0.1) is 12.1 Å². The van der Waals surface area contributed by atoms with Gasteiger partial charge in [0.15, 0.2) is 5.78 Å². The summed E-state index contributed by atoms with van der Waals surface area (Å²) in [7, 11) is 0. The summed E-state index contributed by atoms with van der Waals surface area (Å²) in [5, 5.41) is 21.6. The first-order valence-corrected chi connectivity index (χ1v) is 15.2. The number of ketones is 1. The lowest BCUT2D eigenvalue weighted by molar-refractivity contribution is -0.133. The van der Waals surface area contributed by atoms with Gasteiger partial charge in [-0.1, -0.05) is 139 Å². The van der Waals surface area contributed by atoms with Crippen molar-refractivity contribution in [2.45, 2.75) is 24.3 Å². The van der Waals surface area contributed by atoms with E-state index in [9.17, 15) is 15.3 Å². The molecule has 0 N–H and O–H groups in total. The predicted molar refractivity (Wildman–Crippen MR) is 177 cm³/mol. The second-order valence-corrected chi connectivity index (χ2v) is 11.9. The minimum Gasteiger partial charge on any atom is -0.293 e. The third-order valence-corrected chi connectivity index (χ3v) is 9.61. The largest absolute Gasteiger partial charge is 0.293 e. The maximum Gasteiger partial charge on any atom is 0.242 e. The quantitative estimate of drug-likeness (QED) is 0.195. The number of anilines is 1. The van der Waals surface area contributed by atoms with E-state index < -0.39 is 28.1 Å². The Morgan fingerprint density at radius 2 is 1.13 bits per heavy atom. The fraction of sp³-hybridized carbons (Fsp3) is 0.122. The highest BCUT2D eigenvalue weighted by molar-refractivity contribution is 6.20. The molecule has 0 saturated heterocycles. The number of fused-ring (bicyclic) bond motifs is 2. The van der Waals surface area contributed by atoms with Crippen molar-refractivity contribution in [3.63, 3.8) is 0 Å². The second-order valence-electron chi connectivity index (χ2n) is 11.9. The smallest absolute Gasteiger partial charge is 0.242 e. The van der Waals surface area contributed by atoms with Crippen molar-refractivity contribution >= 4 is 23.0 Å². The van der Waals surface area contributed by atoms with Crippen LogP contribution in [0.2, 0.25) is 0 Å². The van der Waals surface area contributed by atoms with E-state index in [0.717, 1.165) is 27.8 Å². The van der Waals surface area contributed by atoms with Gasteiger partial charge in [0.2, 0.25) is 11.3 Å². The van der Waals surface area contributed by atoms with E-state index in [4.69, 9.17) is 0 Å². The minimum atomic E-state index is -2.29. The Morgan fingerprint density at radius 3 is 1.63 bits per heavy atom. The van der Waals surface area contributed by atoms with Crippen LogP contribution >= 0.6 is 0 Å². The molecule has 2 aliphatic rings. The lowest BCUT2D eigenvalue weighted by atomic mass is 9.54. The van der Waals surface area contributed by atoms with Gasteiger partial charge in [-0.25, -0.2) is 0 Å². The average Bonchev–Trinajstić information content (AvgIpc) is 3.35. The molecule has 1 heterocycles. The fourth-order valence-electron chi connectivity index (χ4n) is 7.46. The van der Waals surface area contributed by atoms with E-state index in [2.05, 4.69) is 12.1 Å². The lowest BCUT2D eigenvalue weighted by Gasteiger charge is -2.46. The van der Waals surface area contributed by atoms with E-state index in [1.165, 1.54) is 6.08 Å². The fourth-order valence-corrected chi connectivity index (χ4v) is 7.46. The molecule has 0 radical (unpaired) electrons. The van der Waals surface area contributed by atoms with Crippen LogP contribution in [0, 0.1) is 35.0 Å². The first kappa shape index (κ1) is 28.7. The molecule has 5 nitrogen and oxygen atoms in total. The molecule has 46 heavy (non-hydrogen) atoms. The van der Waals surface area contributed by atoms with Gasteiger partial charge in [0, 0.05) is 5.69 Å². The van der Waals surface area contributed by atoms with Crippen LogP contribution in [0.3, 0.4) is 0 Å². The van der Waals surface area contributed by atoms with Crippen LogP contribution in [0.15, 0.2) is 146 Å². The summed E-state index contributed by atoms with van der Waals surface area (Å²) in [5.74, 6) is -1.16. The molecular weight excluding hydrogens is 566 g/mol. The predicted octanol–water partition coefficient (Wildman–Crippen LogP) is 7.66. The number of carbonyl (C=O) groups excluding carboxylic acids is 2. The number of carbonyl (C=O) groups is 2. The molecule has 1 atom stereocenters. The first-order chi connectivity index (χ1) is 22.4. The van der Waals surface area contributed by atoms with Crippen molar-refractivity contribution in [1.82, 2.24) is 0 Å². The Hall–Kier alpha value is -6.04. The molecule has 0 bridgehead atoms. The van der Waals surface area contributed by atoms with Gasteiger partial charge in [-0.15, -0.1) is 0 Å². The summed E-state index contributed by atoms with van der Waals surface area (Å²) in [6.45, 7) is 1.98. The van der Waals surface area contributed by atoms with Gasteiger partial charge in [-0.3, -0.25) is 14.5 Å². The number of amides is 1. The number of para-hydroxylation sites is 1. The van der Waals surface area contributed by atoms with Gasteiger partial charge in [-0.2, -0.15) is 10.5 Å². The molecule has 0 unspecified atom stereocenters. The summed E-state index contributed by atoms with van der Waals surface area (Å²) in [5.41, 5.74) is 0.616. The van der Waals surface area contributed by atoms with Gasteiger partial charge < -0.3 is 0 Å². The highest BCUT2D eigenvalue weighted by atomic mass is 16.2. The number of nitrogens with zero attached hydrogens (tertiary/aromatic N) is 3. The molecule has 1 spiro atoms. The van der Waals surface area contributed by atoms with Gasteiger partial charge in [0.1, 0.15) is 11.0 Å². The molecule has 5 aromatic carbocycles. The molecule has 1 amide bonds. The summed E-state index contributed by atoms with van der Waals surface area (Å²) in [6.07, 6.45) is 1.39. The number of rotatable bonds is 5. The molecule has 1 aliphatic carbocycles. The highest BCUT2D eigenvalue weighted by Crippen LogP contribution is 2.62. The number of nitriles is 2. The van der Waals surface area contributed by atoms with E-state index >= 15 is 4.79 Å². The molecule has 0 saturated carbocycles. The summed E-state index contributed by atoms with van der Waals surface area (Å²) in [4.78, 5) is 31.8. The number of allylic oxidation sites excluding steroid dienone is 2. The van der Waals surface area contributed by atoms with Crippen molar-refractivity contribution in [3.05, 3.63) is 179 Å². The van der Waals surface area contributed by atoms with Crippen molar-refractivity contribution in [3.8, 4) is 12.1 Å². The van der Waals surface area contributed by atoms with Gasteiger partial charge in [0.25, 0.3) is 0 Å². The van der Waals surface area contributed by atoms with Crippen LogP contribution in [-0.4, -0.2) is 11.7 Å². The normalized spacial score (nSPS) is 18.4. The zero-order valence-electron chi connectivity index (χ0n) is 25.2. The molecule has 220 valence electrons. The lowest BCUT2D eigenvalue weighted by Crippen LogP contribution is -2.60. The summed E-state index contributed by atoms with van der Waals surface area (Å²) < 4.78 is 0. The van der Waals surface area contributed by atoms with Crippen molar-refractivity contribution < 1.29 is 9.59 Å². The molecule has 5 aromatic rings. The Labute approximate surface area is 268 Å². The Kier molecular flexibility index (Phi) is 6.77. The van der Waals surface area contributed by atoms with Crippen LogP contribution in [0.4, 0.5) is 5.69 Å². The van der Waals surface area contributed by atoms with Crippen LogP contribution in [0.5, 0.6) is 0 Å². The maximum atomic E-state index is 15.9. The van der Waals surface area contributed by atoms with Crippen molar-refractivity contribution in [2.24, 2.45) is 5.41 Å². The van der Waals surface area contributed by atoms with Gasteiger partial charge in [-0.05, 0) is 58.9 Å². The van der Waals surface area contributed by atoms with E-state index in [1.807, 2.05) is 134 Å². The van der Waals surface area contributed by atoms with Crippen LogP contribution in [-0.2, 0) is 20.5 Å². The van der Waals surface area contributed by atoms with Crippen LogP contribution < -0.4 is 4.90 Å². The van der Waals surface area contributed by atoms with Gasteiger partial charge >= 0.3 is 0 Å². The summed E-state index contributed by atoms with van der Waals surface area (Å²) >= 11 is 0. The zero-order chi connectivity index (χ0) is 31.9. The molecule has 0 aromatic heterocycles. The standard InChI is InChI=1S/C41H29N3O2/c1-29-21-23-30(24-22-29)31-25-37(45)39(27-42,28-43)40(26-31)35-19-11-12-20-36(35)44(38(40)46)41(32-13-5-2-6-14-32,33-15-7-3-8-16-33)34-17-9-4-10-18-34/h2-25H,26H2,1H3/t40-/m1/s1. The Morgan fingerprint density at radius 1 is 0.652 bits per heavy atom. The maximum absolute atomic E-state index is 15.9. The molecular formula is C41H29N3O2. The monoisotopic (exact) mass is 595 g/mol. The number of hydrogen-bond donors (Lipinski definition) is 0. The third-order valence-electron chi connectivity index (χ3n) is 9.61. The van der Waals surface area contributed by atoms with E-state index in [1.54, 1.807) is 17.0 Å².